The highest BCUT2D eigenvalue weighted by atomic mass is 16.2. The number of likely N-dealkylation sites (tertiary alicyclic amines) is 1. The van der Waals surface area contributed by atoms with E-state index in [0.717, 1.165) is 54.3 Å². The number of carbonyl (C=O) groups is 1. The lowest BCUT2D eigenvalue weighted by atomic mass is 10.0. The maximum Gasteiger partial charge on any atom is 0.219 e. The number of aryl methyl sites for hydroxylation is 2. The molecule has 1 saturated heterocycles. The summed E-state index contributed by atoms with van der Waals surface area (Å²) >= 11 is 0. The molecule has 1 atom stereocenters. The average molecular weight is 313 g/mol. The van der Waals surface area contributed by atoms with Crippen molar-refractivity contribution in [3.05, 3.63) is 29.5 Å². The van der Waals surface area contributed by atoms with Crippen LogP contribution < -0.4 is 0 Å². The molecule has 0 unspecified atom stereocenters. The van der Waals surface area contributed by atoms with Crippen LogP contribution in [0.15, 0.2) is 12.4 Å². The van der Waals surface area contributed by atoms with Crippen molar-refractivity contribution in [2.75, 3.05) is 13.1 Å². The summed E-state index contributed by atoms with van der Waals surface area (Å²) < 4.78 is 1.87. The zero-order valence-electron chi connectivity index (χ0n) is 14.2. The largest absolute Gasteiger partial charge is 0.343 e. The van der Waals surface area contributed by atoms with E-state index in [4.69, 9.17) is 0 Å². The monoisotopic (exact) mass is 313 g/mol. The molecule has 122 valence electrons. The quantitative estimate of drug-likeness (QED) is 0.868. The van der Waals surface area contributed by atoms with Crippen molar-refractivity contribution in [3.63, 3.8) is 0 Å². The van der Waals surface area contributed by atoms with Gasteiger partial charge in [0, 0.05) is 44.5 Å². The first-order valence-corrected chi connectivity index (χ1v) is 8.02. The van der Waals surface area contributed by atoms with Crippen LogP contribution in [0.1, 0.15) is 30.4 Å². The molecule has 0 aromatic carbocycles. The number of carbonyl (C=O) groups excluding carboxylic acids is 1. The van der Waals surface area contributed by atoms with Crippen molar-refractivity contribution in [1.29, 1.82) is 0 Å². The van der Waals surface area contributed by atoms with Crippen LogP contribution in [0.4, 0.5) is 0 Å². The van der Waals surface area contributed by atoms with Crippen LogP contribution in [0.2, 0.25) is 0 Å². The highest BCUT2D eigenvalue weighted by Crippen LogP contribution is 2.25. The van der Waals surface area contributed by atoms with Crippen LogP contribution in [0.3, 0.4) is 0 Å². The highest BCUT2D eigenvalue weighted by molar-refractivity contribution is 5.73. The van der Waals surface area contributed by atoms with Gasteiger partial charge in [0.1, 0.15) is 0 Å². The molecule has 0 radical (unpaired) electrons. The molecule has 0 aliphatic carbocycles. The van der Waals surface area contributed by atoms with Gasteiger partial charge in [0.15, 0.2) is 0 Å². The molecule has 6 nitrogen and oxygen atoms in total. The minimum atomic E-state index is 0.163. The molecule has 23 heavy (non-hydrogen) atoms. The molecule has 3 rings (SSSR count). The molecule has 1 aliphatic rings. The Morgan fingerprint density at radius 1 is 1.30 bits per heavy atom. The summed E-state index contributed by atoms with van der Waals surface area (Å²) in [6.45, 7) is 7.36. The third-order valence-electron chi connectivity index (χ3n) is 4.70. The van der Waals surface area contributed by atoms with E-state index in [9.17, 15) is 4.79 Å². The third kappa shape index (κ3) is 3.11. The van der Waals surface area contributed by atoms with Crippen LogP contribution in [0.25, 0.3) is 11.3 Å². The maximum atomic E-state index is 11.4. The summed E-state index contributed by atoms with van der Waals surface area (Å²) in [4.78, 5) is 22.5. The van der Waals surface area contributed by atoms with E-state index in [-0.39, 0.29) is 5.91 Å². The predicted molar refractivity (Wildman–Crippen MR) is 87.8 cm³/mol. The second-order valence-corrected chi connectivity index (χ2v) is 6.39. The Labute approximate surface area is 136 Å². The van der Waals surface area contributed by atoms with E-state index < -0.39 is 0 Å². The molecule has 6 heteroatoms. The van der Waals surface area contributed by atoms with E-state index in [1.165, 1.54) is 0 Å². The summed E-state index contributed by atoms with van der Waals surface area (Å²) in [7, 11) is 1.94. The number of amides is 1. The van der Waals surface area contributed by atoms with Gasteiger partial charge in [-0.15, -0.1) is 0 Å². The van der Waals surface area contributed by atoms with Gasteiger partial charge in [-0.2, -0.15) is 5.10 Å². The van der Waals surface area contributed by atoms with Gasteiger partial charge in [-0.1, -0.05) is 0 Å². The first-order valence-electron chi connectivity index (χ1n) is 8.02. The van der Waals surface area contributed by atoms with Crippen LogP contribution in [0.5, 0.6) is 0 Å². The molecule has 0 bridgehead atoms. The van der Waals surface area contributed by atoms with Gasteiger partial charge in [-0.3, -0.25) is 19.4 Å². The van der Waals surface area contributed by atoms with Crippen LogP contribution >= 0.6 is 0 Å². The molecule has 3 heterocycles. The Kier molecular flexibility index (Phi) is 4.15. The van der Waals surface area contributed by atoms with Gasteiger partial charge in [0.25, 0.3) is 0 Å². The average Bonchev–Trinajstić information content (AvgIpc) is 3.06. The van der Waals surface area contributed by atoms with Gasteiger partial charge in [0.05, 0.1) is 23.3 Å². The van der Waals surface area contributed by atoms with Gasteiger partial charge in [-0.05, 0) is 32.6 Å². The molecule has 2 aromatic heterocycles. The second kappa shape index (κ2) is 6.10. The molecule has 0 saturated carbocycles. The fourth-order valence-electron chi connectivity index (χ4n) is 3.31. The Bertz CT molecular complexity index is 719. The fraction of sp³-hybridized carbons (Fsp3) is 0.529. The molecular weight excluding hydrogens is 290 g/mol. The zero-order valence-corrected chi connectivity index (χ0v) is 14.2. The molecular formula is C17H23N5O. The van der Waals surface area contributed by atoms with Crippen LogP contribution in [-0.2, 0) is 18.3 Å². The third-order valence-corrected chi connectivity index (χ3v) is 4.70. The summed E-state index contributed by atoms with van der Waals surface area (Å²) in [6.07, 6.45) is 5.62. The van der Waals surface area contributed by atoms with E-state index in [1.807, 2.05) is 42.9 Å². The maximum absolute atomic E-state index is 11.4. The van der Waals surface area contributed by atoms with Gasteiger partial charge < -0.3 is 4.90 Å². The van der Waals surface area contributed by atoms with Gasteiger partial charge in [0.2, 0.25) is 5.91 Å². The topological polar surface area (TPSA) is 63.9 Å². The molecule has 1 amide bonds. The fourth-order valence-corrected chi connectivity index (χ4v) is 3.31. The molecule has 0 N–H and O–H groups in total. The standard InChI is InChI=1S/C17H23N5O/c1-11-17(12(2)21(4)20-11)16-9-18-15(8-19-16)7-14-5-6-22(10-14)13(3)23/h8-9,14H,5-7,10H2,1-4H3/t14-/m1/s1. The van der Waals surface area contributed by atoms with E-state index in [1.54, 1.807) is 6.92 Å². The summed E-state index contributed by atoms with van der Waals surface area (Å²) in [6, 6.07) is 0. The molecule has 0 spiro atoms. The molecule has 2 aromatic rings. The van der Waals surface area contributed by atoms with Crippen molar-refractivity contribution in [2.45, 2.75) is 33.6 Å². The van der Waals surface area contributed by atoms with Gasteiger partial charge >= 0.3 is 0 Å². The Balaban J connectivity index is 1.72. The van der Waals surface area contributed by atoms with Crippen molar-refractivity contribution in [3.8, 4) is 11.3 Å². The van der Waals surface area contributed by atoms with Crippen LogP contribution in [0, 0.1) is 19.8 Å². The predicted octanol–water partition coefficient (Wildman–Crippen LogP) is 1.90. The summed E-state index contributed by atoms with van der Waals surface area (Å²) in [5, 5.41) is 4.43. The number of rotatable bonds is 3. The van der Waals surface area contributed by atoms with Crippen molar-refractivity contribution in [1.82, 2.24) is 24.6 Å². The summed E-state index contributed by atoms with van der Waals surface area (Å²) in [5.41, 5.74) is 4.99. The number of nitrogens with zero attached hydrogens (tertiary/aromatic N) is 5. The summed E-state index contributed by atoms with van der Waals surface area (Å²) in [5.74, 6) is 0.650. The SMILES string of the molecule is CC(=O)N1CC[C@H](Cc2cnc(-c3c(C)nn(C)c3C)cn2)C1. The second-order valence-electron chi connectivity index (χ2n) is 6.39. The lowest BCUT2D eigenvalue weighted by molar-refractivity contribution is -0.127. The lowest BCUT2D eigenvalue weighted by Crippen LogP contribution is -2.26. The van der Waals surface area contributed by atoms with Gasteiger partial charge in [-0.25, -0.2) is 0 Å². The van der Waals surface area contributed by atoms with Crippen molar-refractivity contribution >= 4 is 5.91 Å². The first-order chi connectivity index (χ1) is 11.0. The first kappa shape index (κ1) is 15.6. The molecule has 1 fully saturated rings. The number of hydrogen-bond donors (Lipinski definition) is 0. The van der Waals surface area contributed by atoms with E-state index >= 15 is 0 Å². The van der Waals surface area contributed by atoms with Crippen molar-refractivity contribution in [2.24, 2.45) is 13.0 Å². The molecule has 1 aliphatic heterocycles. The Morgan fingerprint density at radius 2 is 2.09 bits per heavy atom. The van der Waals surface area contributed by atoms with E-state index in [2.05, 4.69) is 15.1 Å². The zero-order chi connectivity index (χ0) is 16.6. The number of aromatic nitrogens is 4. The number of hydrogen-bond acceptors (Lipinski definition) is 4. The smallest absolute Gasteiger partial charge is 0.219 e. The Hall–Kier alpha value is -2.24. The van der Waals surface area contributed by atoms with E-state index in [0.29, 0.717) is 5.92 Å². The highest BCUT2D eigenvalue weighted by Gasteiger charge is 2.24. The van der Waals surface area contributed by atoms with Crippen LogP contribution in [-0.4, -0.2) is 43.6 Å². The lowest BCUT2D eigenvalue weighted by Gasteiger charge is -2.13. The minimum absolute atomic E-state index is 0.163. The minimum Gasteiger partial charge on any atom is -0.343 e. The Morgan fingerprint density at radius 3 is 2.61 bits per heavy atom. The normalized spacial score (nSPS) is 17.7. The van der Waals surface area contributed by atoms with Crippen molar-refractivity contribution < 1.29 is 4.79 Å².